The van der Waals surface area contributed by atoms with Crippen molar-refractivity contribution in [3.8, 4) is 0 Å². The summed E-state index contributed by atoms with van der Waals surface area (Å²) in [5.74, 6) is -1.58. The van der Waals surface area contributed by atoms with Gasteiger partial charge in [-0.25, -0.2) is 22.3 Å². The van der Waals surface area contributed by atoms with Crippen molar-refractivity contribution >= 4 is 28.4 Å². The Morgan fingerprint density at radius 1 is 1.36 bits per heavy atom. The molecule has 0 aliphatic carbocycles. The van der Waals surface area contributed by atoms with Gasteiger partial charge in [0.25, 0.3) is 0 Å². The van der Waals surface area contributed by atoms with Gasteiger partial charge in [0.15, 0.2) is 0 Å². The number of esters is 1. The normalized spacial score (nSPS) is 12.4. The Kier molecular flexibility index (Phi) is 8.54. The summed E-state index contributed by atoms with van der Waals surface area (Å²) in [6, 6.07) is 2.80. The zero-order valence-corrected chi connectivity index (χ0v) is 14.2. The lowest BCUT2D eigenvalue weighted by Crippen LogP contribution is -2.37. The van der Waals surface area contributed by atoms with E-state index in [9.17, 15) is 17.6 Å². The van der Waals surface area contributed by atoms with Gasteiger partial charge in [-0.05, 0) is 39.1 Å². The maximum Gasteiger partial charge on any atom is 0.338 e. The molecule has 9 heteroatoms. The maximum absolute atomic E-state index is 13.5. The molecule has 1 aromatic rings. The van der Waals surface area contributed by atoms with E-state index in [1.165, 1.54) is 0 Å². The molecule has 1 atom stereocenters. The molecule has 0 aromatic heterocycles. The molecular formula is C13H20ClFN2O4S. The minimum absolute atomic E-state index is 0. The number of carbonyl (C=O) groups excluding carboxylic acids is 1. The molecule has 0 radical (unpaired) electrons. The van der Waals surface area contributed by atoms with Crippen LogP contribution >= 0.6 is 12.4 Å². The number of carbonyl (C=O) groups is 1. The van der Waals surface area contributed by atoms with E-state index in [2.05, 4.69) is 10.0 Å². The number of hydrogen-bond donors (Lipinski definition) is 2. The number of likely N-dealkylation sites (N-methyl/N-ethyl adjacent to an activating group) is 1. The van der Waals surface area contributed by atoms with Crippen LogP contribution in [0.3, 0.4) is 0 Å². The number of rotatable bonds is 7. The van der Waals surface area contributed by atoms with Crippen molar-refractivity contribution in [2.75, 3.05) is 20.2 Å². The van der Waals surface area contributed by atoms with Crippen LogP contribution in [0.2, 0.25) is 0 Å². The van der Waals surface area contributed by atoms with Gasteiger partial charge in [0.1, 0.15) is 5.82 Å². The van der Waals surface area contributed by atoms with Crippen molar-refractivity contribution in [1.29, 1.82) is 0 Å². The number of sulfonamides is 1. The Morgan fingerprint density at radius 2 is 2.00 bits per heavy atom. The summed E-state index contributed by atoms with van der Waals surface area (Å²) in [6.45, 7) is 3.66. The third-order valence-corrected chi connectivity index (χ3v) is 4.17. The van der Waals surface area contributed by atoms with E-state index in [0.717, 1.165) is 18.2 Å². The molecule has 0 spiro atoms. The summed E-state index contributed by atoms with van der Waals surface area (Å²) in [5.41, 5.74) is -0.140. The van der Waals surface area contributed by atoms with Gasteiger partial charge in [-0.2, -0.15) is 0 Å². The highest BCUT2D eigenvalue weighted by Gasteiger charge is 2.19. The monoisotopic (exact) mass is 354 g/mol. The van der Waals surface area contributed by atoms with E-state index in [1.807, 2.05) is 0 Å². The van der Waals surface area contributed by atoms with Crippen LogP contribution in [0, 0.1) is 5.82 Å². The van der Waals surface area contributed by atoms with Gasteiger partial charge >= 0.3 is 5.97 Å². The Labute approximate surface area is 135 Å². The van der Waals surface area contributed by atoms with E-state index in [4.69, 9.17) is 4.74 Å². The molecule has 0 heterocycles. The molecule has 1 rings (SSSR count). The second kappa shape index (κ2) is 9.04. The topological polar surface area (TPSA) is 84.5 Å². The maximum atomic E-state index is 13.5. The lowest BCUT2D eigenvalue weighted by molar-refractivity contribution is 0.0525. The van der Waals surface area contributed by atoms with Crippen molar-refractivity contribution < 1.29 is 22.3 Å². The van der Waals surface area contributed by atoms with Gasteiger partial charge in [0.05, 0.1) is 17.1 Å². The zero-order chi connectivity index (χ0) is 16.0. The van der Waals surface area contributed by atoms with E-state index in [0.29, 0.717) is 0 Å². The van der Waals surface area contributed by atoms with Gasteiger partial charge < -0.3 is 10.1 Å². The van der Waals surface area contributed by atoms with E-state index < -0.39 is 21.8 Å². The second-order valence-electron chi connectivity index (χ2n) is 4.44. The summed E-state index contributed by atoms with van der Waals surface area (Å²) in [4.78, 5) is 11.3. The first kappa shape index (κ1) is 20.8. The highest BCUT2D eigenvalue weighted by molar-refractivity contribution is 7.89. The molecule has 1 aromatic carbocycles. The van der Waals surface area contributed by atoms with Crippen molar-refractivity contribution in [1.82, 2.24) is 10.0 Å². The van der Waals surface area contributed by atoms with Crippen molar-refractivity contribution in [2.45, 2.75) is 24.8 Å². The number of ether oxygens (including phenoxy) is 1. The predicted molar refractivity (Wildman–Crippen MR) is 83.3 cm³/mol. The van der Waals surface area contributed by atoms with Gasteiger partial charge in [-0.15, -0.1) is 12.4 Å². The van der Waals surface area contributed by atoms with Crippen LogP contribution in [0.15, 0.2) is 23.1 Å². The lowest BCUT2D eigenvalue weighted by atomic mass is 10.2. The van der Waals surface area contributed by atoms with Gasteiger partial charge in [0.2, 0.25) is 10.0 Å². The summed E-state index contributed by atoms with van der Waals surface area (Å²) < 4.78 is 44.7. The molecule has 22 heavy (non-hydrogen) atoms. The molecule has 0 aliphatic rings. The Bertz CT molecular complexity index is 610. The van der Waals surface area contributed by atoms with Crippen LogP contribution in [0.4, 0.5) is 4.39 Å². The zero-order valence-electron chi connectivity index (χ0n) is 12.6. The third-order valence-electron chi connectivity index (χ3n) is 2.77. The SMILES string of the molecule is CCOC(=O)c1cc(F)cc(S(=O)(=O)NCC(C)NC)c1.Cl. The number of halogens is 2. The minimum atomic E-state index is -3.90. The van der Waals surface area contributed by atoms with Gasteiger partial charge in [-0.3, -0.25) is 0 Å². The van der Waals surface area contributed by atoms with Crippen molar-refractivity contribution in [3.05, 3.63) is 29.6 Å². The summed E-state index contributed by atoms with van der Waals surface area (Å²) in [6.07, 6.45) is 0. The first-order valence-electron chi connectivity index (χ1n) is 6.44. The van der Waals surface area contributed by atoms with E-state index in [1.54, 1.807) is 20.9 Å². The molecule has 6 nitrogen and oxygen atoms in total. The average molecular weight is 355 g/mol. The smallest absolute Gasteiger partial charge is 0.338 e. The largest absolute Gasteiger partial charge is 0.462 e. The number of hydrogen-bond acceptors (Lipinski definition) is 5. The predicted octanol–water partition coefficient (Wildman–Crippen LogP) is 1.31. The molecule has 126 valence electrons. The summed E-state index contributed by atoms with van der Waals surface area (Å²) in [5, 5.41) is 2.87. The number of nitrogens with one attached hydrogen (secondary N) is 2. The van der Waals surface area contributed by atoms with Crippen LogP contribution in [0.25, 0.3) is 0 Å². The van der Waals surface area contributed by atoms with Gasteiger partial charge in [-0.1, -0.05) is 0 Å². The Hall–Kier alpha value is -1.22. The molecular weight excluding hydrogens is 335 g/mol. The van der Waals surface area contributed by atoms with Crippen molar-refractivity contribution in [3.63, 3.8) is 0 Å². The van der Waals surface area contributed by atoms with Crippen LogP contribution in [0.5, 0.6) is 0 Å². The first-order chi connectivity index (χ1) is 9.80. The van der Waals surface area contributed by atoms with Crippen molar-refractivity contribution in [2.24, 2.45) is 0 Å². The lowest BCUT2D eigenvalue weighted by Gasteiger charge is -2.12. The molecule has 0 bridgehead atoms. The van der Waals surface area contributed by atoms with E-state index >= 15 is 0 Å². The van der Waals surface area contributed by atoms with Crippen LogP contribution in [-0.2, 0) is 14.8 Å². The van der Waals surface area contributed by atoms with E-state index in [-0.39, 0.29) is 42.1 Å². The highest BCUT2D eigenvalue weighted by atomic mass is 35.5. The second-order valence-corrected chi connectivity index (χ2v) is 6.20. The molecule has 2 N–H and O–H groups in total. The fourth-order valence-corrected chi connectivity index (χ4v) is 2.66. The molecule has 0 amide bonds. The standard InChI is InChI=1S/C13H19FN2O4S.ClH/c1-4-20-13(17)10-5-11(14)7-12(6-10)21(18,19)16-8-9(2)15-3;/h5-7,9,15-16H,4,8H2,1-3H3;1H. The molecule has 0 saturated heterocycles. The first-order valence-corrected chi connectivity index (χ1v) is 7.93. The number of benzene rings is 1. The Balaban J connectivity index is 0.00000441. The minimum Gasteiger partial charge on any atom is -0.462 e. The summed E-state index contributed by atoms with van der Waals surface area (Å²) >= 11 is 0. The third kappa shape index (κ3) is 5.88. The van der Waals surface area contributed by atoms with Crippen LogP contribution in [-0.4, -0.2) is 40.6 Å². The molecule has 0 fully saturated rings. The average Bonchev–Trinajstić information content (AvgIpc) is 2.44. The molecule has 1 unspecified atom stereocenters. The quantitative estimate of drug-likeness (QED) is 0.721. The summed E-state index contributed by atoms with van der Waals surface area (Å²) in [7, 11) is -2.20. The fourth-order valence-electron chi connectivity index (χ4n) is 1.47. The Morgan fingerprint density at radius 3 is 2.55 bits per heavy atom. The molecule has 0 saturated carbocycles. The van der Waals surface area contributed by atoms with Gasteiger partial charge in [0, 0.05) is 12.6 Å². The molecule has 0 aliphatic heterocycles. The fraction of sp³-hybridized carbons (Fsp3) is 0.462. The van der Waals surface area contributed by atoms with Crippen LogP contribution < -0.4 is 10.0 Å². The van der Waals surface area contributed by atoms with Crippen LogP contribution in [0.1, 0.15) is 24.2 Å². The highest BCUT2D eigenvalue weighted by Crippen LogP contribution is 2.15.